The first-order valence-corrected chi connectivity index (χ1v) is 7.82. The van der Waals surface area contributed by atoms with Gasteiger partial charge < -0.3 is 16.4 Å². The van der Waals surface area contributed by atoms with Crippen LogP contribution in [0.25, 0.3) is 0 Å². The van der Waals surface area contributed by atoms with E-state index in [4.69, 9.17) is 11.5 Å². The highest BCUT2D eigenvalue weighted by Crippen LogP contribution is 2.13. The van der Waals surface area contributed by atoms with Gasteiger partial charge in [0.15, 0.2) is 9.84 Å². The van der Waals surface area contributed by atoms with E-state index >= 15 is 0 Å². The number of para-hydroxylation sites is 1. The summed E-state index contributed by atoms with van der Waals surface area (Å²) in [6.45, 7) is -0.327. The normalized spacial score (nSPS) is 11.1. The molecular formula is C12H17N3O4S. The number of hydrogen-bond donors (Lipinski definition) is 2. The van der Waals surface area contributed by atoms with E-state index in [0.717, 1.165) is 11.2 Å². The Morgan fingerprint density at radius 1 is 1.25 bits per heavy atom. The number of nitrogen functional groups attached to an aromatic ring is 1. The summed E-state index contributed by atoms with van der Waals surface area (Å²) in [5, 5.41) is 0. The Kier molecular flexibility index (Phi) is 5.09. The predicted molar refractivity (Wildman–Crippen MR) is 75.2 cm³/mol. The zero-order valence-electron chi connectivity index (χ0n) is 11.1. The minimum absolute atomic E-state index is 0.0317. The predicted octanol–water partition coefficient (Wildman–Crippen LogP) is -0.873. The van der Waals surface area contributed by atoms with Crippen molar-refractivity contribution in [3.05, 3.63) is 29.8 Å². The van der Waals surface area contributed by atoms with Crippen LogP contribution in [0.5, 0.6) is 0 Å². The molecule has 0 saturated heterocycles. The van der Waals surface area contributed by atoms with Gasteiger partial charge in [-0.25, -0.2) is 8.42 Å². The lowest BCUT2D eigenvalue weighted by Crippen LogP contribution is -2.40. The van der Waals surface area contributed by atoms with Crippen molar-refractivity contribution in [1.82, 2.24) is 4.90 Å². The molecular weight excluding hydrogens is 282 g/mol. The fourth-order valence-electron chi connectivity index (χ4n) is 1.62. The van der Waals surface area contributed by atoms with Crippen LogP contribution >= 0.6 is 0 Å². The number of hydrogen-bond acceptors (Lipinski definition) is 5. The molecule has 1 aromatic carbocycles. The van der Waals surface area contributed by atoms with Crippen LogP contribution in [-0.4, -0.2) is 43.7 Å². The molecule has 0 aliphatic heterocycles. The molecule has 1 aromatic rings. The van der Waals surface area contributed by atoms with E-state index in [2.05, 4.69) is 0 Å². The average molecular weight is 299 g/mol. The van der Waals surface area contributed by atoms with Gasteiger partial charge in [0.1, 0.15) is 5.75 Å². The number of nitrogens with two attached hydrogens (primary N) is 2. The highest BCUT2D eigenvalue weighted by molar-refractivity contribution is 7.91. The lowest BCUT2D eigenvalue weighted by atomic mass is 10.1. The van der Waals surface area contributed by atoms with Crippen molar-refractivity contribution in [2.45, 2.75) is 6.54 Å². The van der Waals surface area contributed by atoms with Crippen molar-refractivity contribution in [3.63, 3.8) is 0 Å². The molecule has 0 atom stereocenters. The first-order valence-electron chi connectivity index (χ1n) is 5.76. The van der Waals surface area contributed by atoms with Gasteiger partial charge in [-0.1, -0.05) is 18.2 Å². The van der Waals surface area contributed by atoms with Crippen LogP contribution in [0.4, 0.5) is 5.69 Å². The molecule has 7 nitrogen and oxygen atoms in total. The Labute approximate surface area is 117 Å². The van der Waals surface area contributed by atoms with E-state index in [-0.39, 0.29) is 13.1 Å². The van der Waals surface area contributed by atoms with Crippen LogP contribution in [0.3, 0.4) is 0 Å². The van der Waals surface area contributed by atoms with Gasteiger partial charge in [0.05, 0.1) is 6.54 Å². The lowest BCUT2D eigenvalue weighted by molar-refractivity contribution is -0.133. The van der Waals surface area contributed by atoms with Crippen LogP contribution in [0.2, 0.25) is 0 Å². The molecule has 0 radical (unpaired) electrons. The molecule has 0 unspecified atom stereocenters. The number of benzene rings is 1. The van der Waals surface area contributed by atoms with Gasteiger partial charge in [-0.05, 0) is 11.6 Å². The first kappa shape index (κ1) is 16.0. The summed E-state index contributed by atoms with van der Waals surface area (Å²) in [6, 6.07) is 6.81. The molecule has 2 amide bonds. The SMILES string of the molecule is CS(=O)(=O)CC(=O)N(CC(N)=O)Cc1ccccc1N. The summed E-state index contributed by atoms with van der Waals surface area (Å²) in [4.78, 5) is 24.0. The summed E-state index contributed by atoms with van der Waals surface area (Å²) >= 11 is 0. The van der Waals surface area contributed by atoms with E-state index < -0.39 is 27.4 Å². The van der Waals surface area contributed by atoms with Gasteiger partial charge in [0.25, 0.3) is 0 Å². The topological polar surface area (TPSA) is 124 Å². The maximum Gasteiger partial charge on any atom is 0.238 e. The lowest BCUT2D eigenvalue weighted by Gasteiger charge is -2.21. The monoisotopic (exact) mass is 299 g/mol. The van der Waals surface area contributed by atoms with Crippen LogP contribution < -0.4 is 11.5 Å². The van der Waals surface area contributed by atoms with Crippen LogP contribution in [-0.2, 0) is 26.0 Å². The highest BCUT2D eigenvalue weighted by atomic mass is 32.2. The molecule has 0 aromatic heterocycles. The molecule has 0 heterocycles. The summed E-state index contributed by atoms with van der Waals surface area (Å²) in [7, 11) is -3.48. The zero-order chi connectivity index (χ0) is 15.3. The number of rotatable bonds is 6. The van der Waals surface area contributed by atoms with Crippen LogP contribution in [0.1, 0.15) is 5.56 Å². The second kappa shape index (κ2) is 6.38. The Morgan fingerprint density at radius 3 is 2.35 bits per heavy atom. The van der Waals surface area contributed by atoms with Crippen molar-refractivity contribution in [3.8, 4) is 0 Å². The minimum atomic E-state index is -3.48. The Morgan fingerprint density at radius 2 is 1.85 bits per heavy atom. The summed E-state index contributed by atoms with van der Waals surface area (Å²) in [5.74, 6) is -2.08. The number of anilines is 1. The second-order valence-corrected chi connectivity index (χ2v) is 6.63. The molecule has 8 heteroatoms. The number of carbonyl (C=O) groups is 2. The minimum Gasteiger partial charge on any atom is -0.398 e. The summed E-state index contributed by atoms with van der Waals surface area (Å²) in [5.41, 5.74) is 11.9. The van der Waals surface area contributed by atoms with Crippen molar-refractivity contribution < 1.29 is 18.0 Å². The Balaban J connectivity index is 2.93. The molecule has 0 saturated carbocycles. The van der Waals surface area contributed by atoms with E-state index in [1.165, 1.54) is 0 Å². The molecule has 0 aliphatic rings. The van der Waals surface area contributed by atoms with E-state index in [1.807, 2.05) is 0 Å². The summed E-state index contributed by atoms with van der Waals surface area (Å²) in [6.07, 6.45) is 0.949. The fourth-order valence-corrected chi connectivity index (χ4v) is 2.25. The third-order valence-corrected chi connectivity index (χ3v) is 3.27. The van der Waals surface area contributed by atoms with Gasteiger partial charge in [-0.15, -0.1) is 0 Å². The molecule has 0 fully saturated rings. The van der Waals surface area contributed by atoms with E-state index in [0.29, 0.717) is 11.3 Å². The maximum atomic E-state index is 11.9. The smallest absolute Gasteiger partial charge is 0.238 e. The number of primary amides is 1. The molecule has 110 valence electrons. The van der Waals surface area contributed by atoms with Gasteiger partial charge in [-0.2, -0.15) is 0 Å². The maximum absolute atomic E-state index is 11.9. The second-order valence-electron chi connectivity index (χ2n) is 4.49. The standard InChI is InChI=1S/C12H17N3O4S/c1-20(18,19)8-12(17)15(7-11(14)16)6-9-4-2-3-5-10(9)13/h2-5H,6-8,13H2,1H3,(H2,14,16). The van der Waals surface area contributed by atoms with Crippen molar-refractivity contribution in [1.29, 1.82) is 0 Å². The number of nitrogens with zero attached hydrogens (tertiary/aromatic N) is 1. The van der Waals surface area contributed by atoms with E-state index in [1.54, 1.807) is 24.3 Å². The molecule has 0 aliphatic carbocycles. The Hall–Kier alpha value is -2.09. The third-order valence-electron chi connectivity index (χ3n) is 2.50. The van der Waals surface area contributed by atoms with Gasteiger partial charge in [0, 0.05) is 18.5 Å². The first-order chi connectivity index (χ1) is 9.19. The Bertz CT molecular complexity index is 613. The number of amides is 2. The van der Waals surface area contributed by atoms with Crippen molar-refractivity contribution >= 4 is 27.3 Å². The highest BCUT2D eigenvalue weighted by Gasteiger charge is 2.21. The van der Waals surface area contributed by atoms with E-state index in [9.17, 15) is 18.0 Å². The van der Waals surface area contributed by atoms with Crippen molar-refractivity contribution in [2.75, 3.05) is 24.3 Å². The van der Waals surface area contributed by atoms with Gasteiger partial charge in [-0.3, -0.25) is 9.59 Å². The largest absolute Gasteiger partial charge is 0.398 e. The summed E-state index contributed by atoms with van der Waals surface area (Å²) < 4.78 is 22.3. The zero-order valence-corrected chi connectivity index (χ0v) is 11.9. The third kappa shape index (κ3) is 5.27. The molecule has 0 spiro atoms. The van der Waals surface area contributed by atoms with Gasteiger partial charge in [0.2, 0.25) is 11.8 Å². The average Bonchev–Trinajstić information content (AvgIpc) is 2.28. The van der Waals surface area contributed by atoms with Crippen LogP contribution in [0, 0.1) is 0 Å². The quantitative estimate of drug-likeness (QED) is 0.661. The number of sulfone groups is 1. The molecule has 0 bridgehead atoms. The van der Waals surface area contributed by atoms with Crippen molar-refractivity contribution in [2.24, 2.45) is 5.73 Å². The van der Waals surface area contributed by atoms with Crippen LogP contribution in [0.15, 0.2) is 24.3 Å². The molecule has 4 N–H and O–H groups in total. The fraction of sp³-hybridized carbons (Fsp3) is 0.333. The molecule has 1 rings (SSSR count). The number of carbonyl (C=O) groups excluding carboxylic acids is 2. The molecule has 20 heavy (non-hydrogen) atoms. The van der Waals surface area contributed by atoms with Gasteiger partial charge >= 0.3 is 0 Å².